The summed E-state index contributed by atoms with van der Waals surface area (Å²) in [6.07, 6.45) is 7.98. The minimum absolute atomic E-state index is 0.0879. The average Bonchev–Trinajstić information content (AvgIpc) is 3.49. The standard InChI is InChI=1S/C21H28N6O3/c1-25-12-17-23-24-18(19(28)22-15-6-3-2-4-7-15)27(17)14-21(25)9-10-26(13-21)20(29)16-8-5-11-30-16/h5,8,11,15H,2-4,6-7,9-10,12-14H2,1H3,(H,22,28)/t21-/m1/s1. The van der Waals surface area contributed by atoms with Gasteiger partial charge in [0.15, 0.2) is 5.76 Å². The lowest BCUT2D eigenvalue weighted by atomic mass is 9.94. The molecule has 5 rings (SSSR count). The van der Waals surface area contributed by atoms with Gasteiger partial charge in [-0.05, 0) is 38.4 Å². The van der Waals surface area contributed by atoms with Crippen LogP contribution >= 0.6 is 0 Å². The Balaban J connectivity index is 1.34. The van der Waals surface area contributed by atoms with Crippen LogP contribution in [0.5, 0.6) is 0 Å². The molecule has 2 fully saturated rings. The van der Waals surface area contributed by atoms with Crippen LogP contribution in [0.1, 0.15) is 65.5 Å². The molecule has 1 N–H and O–H groups in total. The van der Waals surface area contributed by atoms with Crippen molar-refractivity contribution in [1.82, 2.24) is 29.9 Å². The third kappa shape index (κ3) is 3.30. The second-order valence-corrected chi connectivity index (χ2v) is 8.87. The number of aromatic nitrogens is 3. The molecule has 9 heteroatoms. The first-order valence-corrected chi connectivity index (χ1v) is 10.8. The molecule has 30 heavy (non-hydrogen) atoms. The Labute approximate surface area is 175 Å². The maximum absolute atomic E-state index is 12.9. The Bertz CT molecular complexity index is 933. The van der Waals surface area contributed by atoms with Gasteiger partial charge in [-0.2, -0.15) is 0 Å². The van der Waals surface area contributed by atoms with E-state index in [2.05, 4.69) is 27.5 Å². The SMILES string of the molecule is CN1Cc2nnc(C(=O)NC3CCCCC3)n2C[C@]12CCN(C(=O)c1ccco1)C2. The molecule has 9 nitrogen and oxygen atoms in total. The van der Waals surface area contributed by atoms with Crippen molar-refractivity contribution in [3.63, 3.8) is 0 Å². The lowest BCUT2D eigenvalue weighted by Crippen LogP contribution is -2.55. The van der Waals surface area contributed by atoms with Gasteiger partial charge in [-0.15, -0.1) is 10.2 Å². The molecule has 1 aliphatic carbocycles. The van der Waals surface area contributed by atoms with E-state index in [-0.39, 0.29) is 23.4 Å². The smallest absolute Gasteiger partial charge is 0.289 e. The molecule has 2 aromatic rings. The number of likely N-dealkylation sites (tertiary alicyclic amines) is 1. The topological polar surface area (TPSA) is 96.5 Å². The fourth-order valence-electron chi connectivity index (χ4n) is 5.10. The van der Waals surface area contributed by atoms with Gasteiger partial charge in [0.1, 0.15) is 5.82 Å². The molecule has 1 saturated heterocycles. The van der Waals surface area contributed by atoms with Gasteiger partial charge in [-0.1, -0.05) is 19.3 Å². The van der Waals surface area contributed by atoms with Crippen LogP contribution in [0.3, 0.4) is 0 Å². The van der Waals surface area contributed by atoms with E-state index < -0.39 is 0 Å². The van der Waals surface area contributed by atoms with Gasteiger partial charge < -0.3 is 19.2 Å². The predicted molar refractivity (Wildman–Crippen MR) is 108 cm³/mol. The maximum atomic E-state index is 12.9. The number of carbonyl (C=O) groups is 2. The first-order chi connectivity index (χ1) is 14.6. The van der Waals surface area contributed by atoms with Crippen LogP contribution in [0.15, 0.2) is 22.8 Å². The normalized spacial score (nSPS) is 24.9. The summed E-state index contributed by atoms with van der Waals surface area (Å²) >= 11 is 0. The molecule has 1 atom stereocenters. The number of carbonyl (C=O) groups excluding carboxylic acids is 2. The number of hydrogen-bond acceptors (Lipinski definition) is 6. The van der Waals surface area contributed by atoms with Crippen LogP contribution < -0.4 is 5.32 Å². The highest BCUT2D eigenvalue weighted by Gasteiger charge is 2.47. The van der Waals surface area contributed by atoms with Gasteiger partial charge >= 0.3 is 0 Å². The quantitative estimate of drug-likeness (QED) is 0.824. The number of rotatable bonds is 3. The van der Waals surface area contributed by atoms with Crippen molar-refractivity contribution in [1.29, 1.82) is 0 Å². The Morgan fingerprint density at radius 1 is 1.20 bits per heavy atom. The van der Waals surface area contributed by atoms with E-state index in [1.165, 1.54) is 12.7 Å². The van der Waals surface area contributed by atoms with Crippen molar-refractivity contribution in [2.75, 3.05) is 20.1 Å². The highest BCUT2D eigenvalue weighted by atomic mass is 16.3. The Morgan fingerprint density at radius 3 is 2.80 bits per heavy atom. The summed E-state index contributed by atoms with van der Waals surface area (Å²) in [5, 5.41) is 11.7. The maximum Gasteiger partial charge on any atom is 0.289 e. The first-order valence-electron chi connectivity index (χ1n) is 10.8. The lowest BCUT2D eigenvalue weighted by molar-refractivity contribution is 0.0553. The molecule has 2 aromatic heterocycles. The van der Waals surface area contributed by atoms with E-state index in [4.69, 9.17) is 4.42 Å². The van der Waals surface area contributed by atoms with E-state index in [0.29, 0.717) is 37.8 Å². The first kappa shape index (κ1) is 19.3. The second-order valence-electron chi connectivity index (χ2n) is 8.87. The number of nitrogens with one attached hydrogen (secondary N) is 1. The Kier molecular flexibility index (Phi) is 4.85. The largest absolute Gasteiger partial charge is 0.459 e. The number of likely N-dealkylation sites (N-methyl/N-ethyl adjacent to an activating group) is 1. The van der Waals surface area contributed by atoms with Crippen molar-refractivity contribution >= 4 is 11.8 Å². The summed E-state index contributed by atoms with van der Waals surface area (Å²) in [5.41, 5.74) is -0.239. The fourth-order valence-corrected chi connectivity index (χ4v) is 5.10. The molecule has 4 heterocycles. The average molecular weight is 412 g/mol. The van der Waals surface area contributed by atoms with Gasteiger partial charge in [-0.25, -0.2) is 0 Å². The van der Waals surface area contributed by atoms with Crippen LogP contribution in [0.25, 0.3) is 0 Å². The summed E-state index contributed by atoms with van der Waals surface area (Å²) in [6.45, 7) is 2.45. The van der Waals surface area contributed by atoms with Gasteiger partial charge in [0.25, 0.3) is 11.8 Å². The van der Waals surface area contributed by atoms with Crippen molar-refractivity contribution < 1.29 is 14.0 Å². The van der Waals surface area contributed by atoms with E-state index in [1.54, 1.807) is 12.1 Å². The summed E-state index contributed by atoms with van der Waals surface area (Å²) in [4.78, 5) is 29.8. The molecular weight excluding hydrogens is 384 g/mol. The lowest BCUT2D eigenvalue weighted by Gasteiger charge is -2.42. The summed E-state index contributed by atoms with van der Waals surface area (Å²) in [6, 6.07) is 3.66. The molecule has 0 unspecified atom stereocenters. The van der Waals surface area contributed by atoms with Crippen LogP contribution in [-0.2, 0) is 13.1 Å². The summed E-state index contributed by atoms with van der Waals surface area (Å²) in [7, 11) is 2.06. The minimum atomic E-state index is -0.239. The third-order valence-corrected chi connectivity index (χ3v) is 6.96. The third-order valence-electron chi connectivity index (χ3n) is 6.96. The van der Waals surface area contributed by atoms with E-state index in [9.17, 15) is 9.59 Å². The Hall–Kier alpha value is -2.68. The van der Waals surface area contributed by atoms with Gasteiger partial charge in [-0.3, -0.25) is 14.5 Å². The van der Waals surface area contributed by atoms with Gasteiger partial charge in [0, 0.05) is 25.7 Å². The fraction of sp³-hybridized carbons (Fsp3) is 0.619. The van der Waals surface area contributed by atoms with Crippen molar-refractivity contribution in [3.05, 3.63) is 35.8 Å². The zero-order valence-corrected chi connectivity index (χ0v) is 17.3. The van der Waals surface area contributed by atoms with Crippen LogP contribution in [0.2, 0.25) is 0 Å². The highest BCUT2D eigenvalue weighted by Crippen LogP contribution is 2.34. The zero-order chi connectivity index (χ0) is 20.7. The molecule has 0 radical (unpaired) electrons. The zero-order valence-electron chi connectivity index (χ0n) is 17.3. The number of nitrogens with zero attached hydrogens (tertiary/aromatic N) is 5. The van der Waals surface area contributed by atoms with E-state index >= 15 is 0 Å². The van der Waals surface area contributed by atoms with Crippen molar-refractivity contribution in [2.24, 2.45) is 0 Å². The number of fused-ring (bicyclic) bond motifs is 1. The summed E-state index contributed by atoms with van der Waals surface area (Å²) < 4.78 is 7.25. The molecule has 160 valence electrons. The molecule has 3 aliphatic rings. The number of amides is 2. The van der Waals surface area contributed by atoms with E-state index in [0.717, 1.165) is 37.9 Å². The molecule has 1 saturated carbocycles. The molecule has 0 bridgehead atoms. The summed E-state index contributed by atoms with van der Waals surface area (Å²) in [5.74, 6) is 1.33. The van der Waals surface area contributed by atoms with Crippen LogP contribution in [0, 0.1) is 0 Å². The molecule has 2 amide bonds. The van der Waals surface area contributed by atoms with Crippen molar-refractivity contribution in [2.45, 2.75) is 63.2 Å². The van der Waals surface area contributed by atoms with Gasteiger partial charge in [0.2, 0.25) is 5.82 Å². The Morgan fingerprint density at radius 2 is 2.03 bits per heavy atom. The highest BCUT2D eigenvalue weighted by molar-refractivity contribution is 5.92. The van der Waals surface area contributed by atoms with Crippen LogP contribution in [0.4, 0.5) is 0 Å². The van der Waals surface area contributed by atoms with Gasteiger partial charge in [0.05, 0.1) is 18.3 Å². The number of furan rings is 1. The predicted octanol–water partition coefficient (Wildman–Crippen LogP) is 1.66. The van der Waals surface area contributed by atoms with E-state index in [1.807, 2.05) is 9.47 Å². The monoisotopic (exact) mass is 412 g/mol. The van der Waals surface area contributed by atoms with Crippen molar-refractivity contribution in [3.8, 4) is 0 Å². The molecule has 1 spiro atoms. The molecule has 2 aliphatic heterocycles. The molecular formula is C21H28N6O3. The van der Waals surface area contributed by atoms with Crippen LogP contribution in [-0.4, -0.2) is 68.1 Å². The molecule has 0 aromatic carbocycles. The number of hydrogen-bond donors (Lipinski definition) is 1. The minimum Gasteiger partial charge on any atom is -0.459 e. The second kappa shape index (κ2) is 7.54.